The summed E-state index contributed by atoms with van der Waals surface area (Å²) >= 11 is 0. The maximum absolute atomic E-state index is 12.2. The molecule has 0 saturated carbocycles. The third-order valence-electron chi connectivity index (χ3n) is 3.84. The number of H-pyrrole nitrogens is 1. The first-order valence-corrected chi connectivity index (χ1v) is 10.7. The second-order valence-corrected chi connectivity index (χ2v) is 9.65. The molecule has 3 atom stereocenters. The van der Waals surface area contributed by atoms with Crippen LogP contribution < -0.4 is 11.2 Å². The Labute approximate surface area is 143 Å². The minimum atomic E-state index is -4.16. The molecule has 2 heterocycles. The lowest BCUT2D eigenvalue weighted by atomic mass is 10.2. The van der Waals surface area contributed by atoms with Crippen LogP contribution in [0.3, 0.4) is 0 Å². The van der Waals surface area contributed by atoms with E-state index < -0.39 is 55.1 Å². The van der Waals surface area contributed by atoms with Gasteiger partial charge in [-0.1, -0.05) is 0 Å². The Kier molecular flexibility index (Phi) is 5.00. The van der Waals surface area contributed by atoms with Crippen LogP contribution in [0.5, 0.6) is 0 Å². The smallest absolute Gasteiger partial charge is 0.330 e. The van der Waals surface area contributed by atoms with E-state index >= 15 is 0 Å². The van der Waals surface area contributed by atoms with Crippen molar-refractivity contribution in [2.45, 2.75) is 30.6 Å². The second kappa shape index (κ2) is 6.32. The molecule has 2 N–H and O–H groups in total. The summed E-state index contributed by atoms with van der Waals surface area (Å²) in [6, 6.07) is 0. The Bertz CT molecular complexity index is 992. The highest BCUT2D eigenvalue weighted by atomic mass is 32.2. The van der Waals surface area contributed by atoms with Crippen molar-refractivity contribution in [3.8, 4) is 0 Å². The minimum absolute atomic E-state index is 0.157. The van der Waals surface area contributed by atoms with Gasteiger partial charge in [-0.25, -0.2) is 13.2 Å². The van der Waals surface area contributed by atoms with Crippen LogP contribution in [0.2, 0.25) is 0 Å². The van der Waals surface area contributed by atoms with Crippen LogP contribution in [0.25, 0.3) is 0 Å². The average molecular weight is 398 g/mol. The van der Waals surface area contributed by atoms with Crippen molar-refractivity contribution in [3.05, 3.63) is 32.6 Å². The molecule has 0 bridgehead atoms. The SMILES string of the molecule is Cc1cn([C@H]2CC(OS(C)(=O)=O)[C@](CO)(S(C)(=O)=O)O2)c(=O)[nH]c1=O. The van der Waals surface area contributed by atoms with E-state index in [9.17, 15) is 31.5 Å². The number of aromatic amines is 1. The third-order valence-corrected chi connectivity index (χ3v) is 6.16. The van der Waals surface area contributed by atoms with Gasteiger partial charge in [-0.15, -0.1) is 0 Å². The number of aromatic nitrogens is 2. The van der Waals surface area contributed by atoms with Gasteiger partial charge in [0.15, 0.2) is 9.84 Å². The Morgan fingerprint density at radius 3 is 2.44 bits per heavy atom. The molecule has 1 aromatic rings. The molecule has 1 fully saturated rings. The highest BCUT2D eigenvalue weighted by Crippen LogP contribution is 2.41. The molecule has 1 aliphatic heterocycles. The van der Waals surface area contributed by atoms with E-state index in [-0.39, 0.29) is 12.0 Å². The summed E-state index contributed by atoms with van der Waals surface area (Å²) in [5.41, 5.74) is -1.34. The third kappa shape index (κ3) is 3.69. The molecule has 25 heavy (non-hydrogen) atoms. The molecule has 1 saturated heterocycles. The number of aryl methyl sites for hydroxylation is 1. The Morgan fingerprint density at radius 1 is 1.36 bits per heavy atom. The lowest BCUT2D eigenvalue weighted by Gasteiger charge is -2.29. The summed E-state index contributed by atoms with van der Waals surface area (Å²) in [6.45, 7) is 0.337. The van der Waals surface area contributed by atoms with Gasteiger partial charge in [0.25, 0.3) is 15.7 Å². The molecule has 0 amide bonds. The van der Waals surface area contributed by atoms with Crippen LogP contribution in [0.4, 0.5) is 0 Å². The number of aliphatic hydroxyl groups is 1. The Balaban J connectivity index is 2.58. The number of nitrogens with zero attached hydrogens (tertiary/aromatic N) is 1. The summed E-state index contributed by atoms with van der Waals surface area (Å²) in [6.07, 6.45) is -0.569. The molecule has 142 valence electrons. The summed E-state index contributed by atoms with van der Waals surface area (Å²) < 4.78 is 58.3. The topological polar surface area (TPSA) is 162 Å². The van der Waals surface area contributed by atoms with Crippen molar-refractivity contribution >= 4 is 20.0 Å². The van der Waals surface area contributed by atoms with E-state index in [2.05, 4.69) is 0 Å². The van der Waals surface area contributed by atoms with E-state index in [0.29, 0.717) is 0 Å². The summed E-state index contributed by atoms with van der Waals surface area (Å²) in [5.74, 6) is 0. The standard InChI is InChI=1S/C12H18N2O9S2/c1-7-5-14(11(17)13-10(7)16)9-4-8(23-25(3,20)21)12(6-15,22-9)24(2,18)19/h5,8-9,15H,4,6H2,1-3H3,(H,13,16,17)/t8?,9-,12+/m1/s1. The zero-order chi connectivity index (χ0) is 19.2. The van der Waals surface area contributed by atoms with Gasteiger partial charge < -0.3 is 9.84 Å². The van der Waals surface area contributed by atoms with E-state index in [1.165, 1.54) is 6.92 Å². The van der Waals surface area contributed by atoms with Crippen molar-refractivity contribution in [2.75, 3.05) is 19.1 Å². The second-order valence-electron chi connectivity index (χ2n) is 5.82. The first-order valence-electron chi connectivity index (χ1n) is 6.99. The van der Waals surface area contributed by atoms with E-state index in [4.69, 9.17) is 8.92 Å². The Morgan fingerprint density at radius 2 is 1.96 bits per heavy atom. The lowest BCUT2D eigenvalue weighted by Crippen LogP contribution is -2.51. The number of rotatable bonds is 5. The van der Waals surface area contributed by atoms with Crippen LogP contribution in [-0.4, -0.2) is 61.6 Å². The normalized spacial score (nSPS) is 27.5. The van der Waals surface area contributed by atoms with Crippen molar-refractivity contribution in [3.63, 3.8) is 0 Å². The first-order chi connectivity index (χ1) is 11.3. The first kappa shape index (κ1) is 19.8. The maximum Gasteiger partial charge on any atom is 0.330 e. The average Bonchev–Trinajstić information content (AvgIpc) is 2.80. The zero-order valence-electron chi connectivity index (χ0n) is 13.6. The molecular weight excluding hydrogens is 380 g/mol. The van der Waals surface area contributed by atoms with E-state index in [1.807, 2.05) is 4.98 Å². The number of hydrogen-bond acceptors (Lipinski definition) is 9. The molecule has 11 nitrogen and oxygen atoms in total. The van der Waals surface area contributed by atoms with Gasteiger partial charge in [-0.2, -0.15) is 8.42 Å². The molecule has 0 spiro atoms. The zero-order valence-corrected chi connectivity index (χ0v) is 15.3. The highest BCUT2D eigenvalue weighted by Gasteiger charge is 2.58. The number of hydrogen-bond donors (Lipinski definition) is 2. The number of ether oxygens (including phenoxy) is 1. The fourth-order valence-corrected chi connectivity index (χ4v) is 4.45. The van der Waals surface area contributed by atoms with Gasteiger partial charge in [0, 0.05) is 24.4 Å². The van der Waals surface area contributed by atoms with Crippen LogP contribution in [-0.2, 0) is 28.9 Å². The van der Waals surface area contributed by atoms with Crippen molar-refractivity contribution in [2.24, 2.45) is 0 Å². The molecule has 0 aromatic carbocycles. The molecule has 1 aliphatic rings. The fourth-order valence-electron chi connectivity index (χ4n) is 2.59. The molecule has 1 unspecified atom stereocenters. The summed E-state index contributed by atoms with van der Waals surface area (Å²) in [7, 11) is -8.24. The molecule has 1 aromatic heterocycles. The van der Waals surface area contributed by atoms with Gasteiger partial charge in [0.2, 0.25) is 4.93 Å². The maximum atomic E-state index is 12.2. The Hall–Kier alpha value is -1.54. The molecular formula is C12H18N2O9S2. The monoisotopic (exact) mass is 398 g/mol. The fraction of sp³-hybridized carbons (Fsp3) is 0.667. The van der Waals surface area contributed by atoms with Crippen molar-refractivity contribution in [1.29, 1.82) is 0 Å². The summed E-state index contributed by atoms with van der Waals surface area (Å²) in [4.78, 5) is 23.1. The highest BCUT2D eigenvalue weighted by molar-refractivity contribution is 7.92. The molecule has 0 radical (unpaired) electrons. The quantitative estimate of drug-likeness (QED) is 0.526. The van der Waals surface area contributed by atoms with Gasteiger partial charge in [-0.3, -0.25) is 18.5 Å². The number of sulfone groups is 1. The lowest BCUT2D eigenvalue weighted by molar-refractivity contribution is -0.0699. The molecule has 0 aliphatic carbocycles. The van der Waals surface area contributed by atoms with Gasteiger partial charge in [0.05, 0.1) is 12.9 Å². The molecule has 13 heteroatoms. The summed E-state index contributed by atoms with van der Waals surface area (Å²) in [5, 5.41) is 9.63. The predicted octanol–water partition coefficient (Wildman–Crippen LogP) is -2.16. The van der Waals surface area contributed by atoms with Crippen LogP contribution in [0, 0.1) is 6.92 Å². The van der Waals surface area contributed by atoms with Crippen molar-refractivity contribution in [1.82, 2.24) is 9.55 Å². The van der Waals surface area contributed by atoms with E-state index in [0.717, 1.165) is 23.3 Å². The minimum Gasteiger partial charge on any atom is -0.392 e. The van der Waals surface area contributed by atoms with Gasteiger partial charge in [0.1, 0.15) is 12.3 Å². The molecule has 2 rings (SSSR count). The van der Waals surface area contributed by atoms with Crippen LogP contribution in [0.1, 0.15) is 18.2 Å². The van der Waals surface area contributed by atoms with Gasteiger partial charge >= 0.3 is 5.69 Å². The van der Waals surface area contributed by atoms with Crippen molar-refractivity contribution < 1.29 is 30.9 Å². The van der Waals surface area contributed by atoms with Crippen LogP contribution in [0.15, 0.2) is 15.8 Å². The number of nitrogens with one attached hydrogen (secondary N) is 1. The number of aliphatic hydroxyl groups excluding tert-OH is 1. The largest absolute Gasteiger partial charge is 0.392 e. The van der Waals surface area contributed by atoms with Gasteiger partial charge in [-0.05, 0) is 6.92 Å². The van der Waals surface area contributed by atoms with Crippen LogP contribution >= 0.6 is 0 Å². The van der Waals surface area contributed by atoms with E-state index in [1.54, 1.807) is 0 Å². The predicted molar refractivity (Wildman–Crippen MR) is 85.2 cm³/mol.